The van der Waals surface area contributed by atoms with E-state index >= 15 is 0 Å². The number of carbonyl (C=O) groups is 2. The predicted molar refractivity (Wildman–Crippen MR) is 110 cm³/mol. The highest BCUT2D eigenvalue weighted by Crippen LogP contribution is 2.29. The van der Waals surface area contributed by atoms with Crippen molar-refractivity contribution in [2.24, 2.45) is 0 Å². The van der Waals surface area contributed by atoms with Crippen molar-refractivity contribution in [3.63, 3.8) is 0 Å². The highest BCUT2D eigenvalue weighted by Gasteiger charge is 2.26. The molecule has 1 aliphatic rings. The molecule has 6 heteroatoms. The van der Waals surface area contributed by atoms with Crippen LogP contribution in [0.3, 0.4) is 0 Å². The SMILES string of the molecule is CNC(=O)c1ccc(-c2cc(C(=O)N3CCC(c4ccccc4)CC3)no2)cc1. The Morgan fingerprint density at radius 2 is 1.72 bits per heavy atom. The second-order valence-corrected chi connectivity index (χ2v) is 7.21. The largest absolute Gasteiger partial charge is 0.355 e. The van der Waals surface area contributed by atoms with Crippen LogP contribution < -0.4 is 5.32 Å². The molecule has 0 saturated carbocycles. The van der Waals surface area contributed by atoms with Crippen LogP contribution in [0.2, 0.25) is 0 Å². The van der Waals surface area contributed by atoms with Crippen LogP contribution in [0.4, 0.5) is 0 Å². The van der Waals surface area contributed by atoms with Gasteiger partial charge in [-0.05, 0) is 36.5 Å². The lowest BCUT2D eigenvalue weighted by molar-refractivity contribution is 0.0702. The van der Waals surface area contributed by atoms with E-state index in [1.807, 2.05) is 11.0 Å². The molecule has 0 atom stereocenters. The minimum Gasteiger partial charge on any atom is -0.355 e. The summed E-state index contributed by atoms with van der Waals surface area (Å²) in [4.78, 5) is 26.3. The molecule has 29 heavy (non-hydrogen) atoms. The summed E-state index contributed by atoms with van der Waals surface area (Å²) in [6.45, 7) is 1.42. The summed E-state index contributed by atoms with van der Waals surface area (Å²) < 4.78 is 5.38. The third kappa shape index (κ3) is 4.06. The zero-order chi connectivity index (χ0) is 20.2. The highest BCUT2D eigenvalue weighted by molar-refractivity contribution is 5.95. The molecule has 2 amide bonds. The molecule has 2 aromatic carbocycles. The number of aromatic nitrogens is 1. The average molecular weight is 389 g/mol. The molecule has 148 valence electrons. The Labute approximate surface area is 169 Å². The molecule has 1 aromatic heterocycles. The number of piperidine rings is 1. The first-order chi connectivity index (χ1) is 14.2. The molecule has 1 N–H and O–H groups in total. The van der Waals surface area contributed by atoms with Crippen molar-refractivity contribution < 1.29 is 14.1 Å². The van der Waals surface area contributed by atoms with Crippen LogP contribution in [0.5, 0.6) is 0 Å². The van der Waals surface area contributed by atoms with E-state index in [2.05, 4.69) is 34.7 Å². The summed E-state index contributed by atoms with van der Waals surface area (Å²) in [5, 5.41) is 6.56. The minimum atomic E-state index is -0.149. The maximum Gasteiger partial charge on any atom is 0.276 e. The highest BCUT2D eigenvalue weighted by atomic mass is 16.5. The molecule has 6 nitrogen and oxygen atoms in total. The monoisotopic (exact) mass is 389 g/mol. The van der Waals surface area contributed by atoms with Gasteiger partial charge in [0.05, 0.1) is 0 Å². The lowest BCUT2D eigenvalue weighted by Gasteiger charge is -2.31. The number of amides is 2. The molecule has 3 aromatic rings. The smallest absolute Gasteiger partial charge is 0.276 e. The van der Waals surface area contributed by atoms with E-state index in [9.17, 15) is 9.59 Å². The third-order valence-electron chi connectivity index (χ3n) is 5.44. The Hall–Kier alpha value is -3.41. The van der Waals surface area contributed by atoms with E-state index in [1.54, 1.807) is 37.4 Å². The standard InChI is InChI=1S/C23H23N3O3/c1-24-22(27)19-9-7-18(8-10-19)21-15-20(25-29-21)23(28)26-13-11-17(12-14-26)16-5-3-2-4-6-16/h2-10,15,17H,11-14H2,1H3,(H,24,27). The Morgan fingerprint density at radius 3 is 2.38 bits per heavy atom. The molecule has 0 spiro atoms. The molecule has 1 aliphatic heterocycles. The van der Waals surface area contributed by atoms with Gasteiger partial charge in [-0.1, -0.05) is 47.6 Å². The van der Waals surface area contributed by atoms with Crippen LogP contribution >= 0.6 is 0 Å². The van der Waals surface area contributed by atoms with Gasteiger partial charge < -0.3 is 14.7 Å². The number of hydrogen-bond donors (Lipinski definition) is 1. The van der Waals surface area contributed by atoms with E-state index in [0.29, 0.717) is 36.0 Å². The fraction of sp³-hybridized carbons (Fsp3) is 0.261. The second-order valence-electron chi connectivity index (χ2n) is 7.21. The summed E-state index contributed by atoms with van der Waals surface area (Å²) in [6.07, 6.45) is 1.89. The van der Waals surface area contributed by atoms with Crippen LogP contribution in [0, 0.1) is 0 Å². The average Bonchev–Trinajstić information content (AvgIpc) is 3.29. The first kappa shape index (κ1) is 18.9. The summed E-state index contributed by atoms with van der Waals surface area (Å²) in [5.41, 5.74) is 2.98. The maximum atomic E-state index is 12.8. The van der Waals surface area contributed by atoms with Crippen LogP contribution in [-0.2, 0) is 0 Å². The fourth-order valence-electron chi connectivity index (χ4n) is 3.75. The lowest BCUT2D eigenvalue weighted by Crippen LogP contribution is -2.38. The summed E-state index contributed by atoms with van der Waals surface area (Å²) in [7, 11) is 1.59. The number of benzene rings is 2. The Bertz CT molecular complexity index is 988. The molecule has 1 fully saturated rings. The molecular weight excluding hydrogens is 366 g/mol. The summed E-state index contributed by atoms with van der Waals surface area (Å²) in [5.74, 6) is 0.750. The zero-order valence-electron chi connectivity index (χ0n) is 16.3. The van der Waals surface area contributed by atoms with Gasteiger partial charge in [-0.15, -0.1) is 0 Å². The maximum absolute atomic E-state index is 12.8. The fourth-order valence-corrected chi connectivity index (χ4v) is 3.75. The number of carbonyl (C=O) groups excluding carboxylic acids is 2. The van der Waals surface area contributed by atoms with Crippen molar-refractivity contribution in [3.8, 4) is 11.3 Å². The predicted octanol–water partition coefficient (Wildman–Crippen LogP) is 3.72. The van der Waals surface area contributed by atoms with Crippen molar-refractivity contribution in [2.45, 2.75) is 18.8 Å². The Balaban J connectivity index is 1.41. The van der Waals surface area contributed by atoms with Gasteiger partial charge in [-0.3, -0.25) is 9.59 Å². The van der Waals surface area contributed by atoms with Crippen LogP contribution in [0.1, 0.15) is 45.2 Å². The van der Waals surface area contributed by atoms with Gasteiger partial charge in [0, 0.05) is 37.3 Å². The lowest BCUT2D eigenvalue weighted by atomic mass is 9.89. The molecular formula is C23H23N3O3. The van der Waals surface area contributed by atoms with Gasteiger partial charge in [0.1, 0.15) is 0 Å². The topological polar surface area (TPSA) is 75.4 Å². The van der Waals surface area contributed by atoms with Crippen LogP contribution in [0.25, 0.3) is 11.3 Å². The van der Waals surface area contributed by atoms with Crippen molar-refractivity contribution in [2.75, 3.05) is 20.1 Å². The van der Waals surface area contributed by atoms with Crippen molar-refractivity contribution in [1.29, 1.82) is 0 Å². The van der Waals surface area contributed by atoms with Gasteiger partial charge in [0.25, 0.3) is 11.8 Å². The van der Waals surface area contributed by atoms with Gasteiger partial charge >= 0.3 is 0 Å². The van der Waals surface area contributed by atoms with Gasteiger partial charge in [0.2, 0.25) is 0 Å². The van der Waals surface area contributed by atoms with E-state index in [0.717, 1.165) is 18.4 Å². The van der Waals surface area contributed by atoms with E-state index in [1.165, 1.54) is 5.56 Å². The molecule has 0 unspecified atom stereocenters. The van der Waals surface area contributed by atoms with Gasteiger partial charge in [-0.2, -0.15) is 0 Å². The molecule has 0 aliphatic carbocycles. The normalized spacial score (nSPS) is 14.6. The van der Waals surface area contributed by atoms with Crippen molar-refractivity contribution in [1.82, 2.24) is 15.4 Å². The number of nitrogens with zero attached hydrogens (tertiary/aromatic N) is 2. The van der Waals surface area contributed by atoms with Gasteiger partial charge in [0.15, 0.2) is 11.5 Å². The zero-order valence-corrected chi connectivity index (χ0v) is 16.3. The first-order valence-electron chi connectivity index (χ1n) is 9.79. The summed E-state index contributed by atoms with van der Waals surface area (Å²) in [6, 6.07) is 19.1. The number of rotatable bonds is 4. The third-order valence-corrected chi connectivity index (χ3v) is 5.44. The van der Waals surface area contributed by atoms with Gasteiger partial charge in [-0.25, -0.2) is 0 Å². The molecule has 1 saturated heterocycles. The molecule has 0 bridgehead atoms. The van der Waals surface area contributed by atoms with E-state index < -0.39 is 0 Å². The molecule has 0 radical (unpaired) electrons. The van der Waals surface area contributed by atoms with E-state index in [4.69, 9.17) is 4.52 Å². The number of likely N-dealkylation sites (tertiary alicyclic amines) is 1. The minimum absolute atomic E-state index is 0.103. The quantitative estimate of drug-likeness (QED) is 0.738. The number of nitrogens with one attached hydrogen (secondary N) is 1. The number of hydrogen-bond acceptors (Lipinski definition) is 4. The van der Waals surface area contributed by atoms with Crippen molar-refractivity contribution >= 4 is 11.8 Å². The van der Waals surface area contributed by atoms with E-state index in [-0.39, 0.29) is 11.8 Å². The Kier molecular flexibility index (Phi) is 5.42. The molecule has 4 rings (SSSR count). The second kappa shape index (κ2) is 8.31. The van der Waals surface area contributed by atoms with Crippen LogP contribution in [-0.4, -0.2) is 42.0 Å². The summed E-state index contributed by atoms with van der Waals surface area (Å²) >= 11 is 0. The molecule has 2 heterocycles. The Morgan fingerprint density at radius 1 is 1.03 bits per heavy atom. The van der Waals surface area contributed by atoms with Crippen LogP contribution in [0.15, 0.2) is 65.2 Å². The first-order valence-corrected chi connectivity index (χ1v) is 9.79. The van der Waals surface area contributed by atoms with Crippen molar-refractivity contribution in [3.05, 3.63) is 77.5 Å².